The van der Waals surface area contributed by atoms with E-state index in [2.05, 4.69) is 11.4 Å². The molecule has 1 saturated heterocycles. The SMILES string of the molecule is FC12CNCC(Cc3ccccc31)C2. The predicted octanol–water partition coefficient (Wildman–Crippen LogP) is 2.02. The number of halogens is 1. The van der Waals surface area contributed by atoms with E-state index >= 15 is 0 Å². The third kappa shape index (κ3) is 1.10. The van der Waals surface area contributed by atoms with Crippen molar-refractivity contribution in [3.8, 4) is 0 Å². The Balaban J connectivity index is 2.13. The number of hydrogen-bond acceptors (Lipinski definition) is 1. The molecule has 0 saturated carbocycles. The monoisotopic (exact) mass is 191 g/mol. The molecule has 14 heavy (non-hydrogen) atoms. The van der Waals surface area contributed by atoms with Crippen molar-refractivity contribution in [1.82, 2.24) is 5.32 Å². The van der Waals surface area contributed by atoms with E-state index < -0.39 is 5.67 Å². The molecule has 3 rings (SSSR count). The molecular weight excluding hydrogens is 177 g/mol. The number of hydrogen-bond donors (Lipinski definition) is 1. The summed E-state index contributed by atoms with van der Waals surface area (Å²) in [5.74, 6) is 0.489. The van der Waals surface area contributed by atoms with Crippen molar-refractivity contribution in [1.29, 1.82) is 0 Å². The zero-order chi connectivity index (χ0) is 9.60. The molecule has 1 aliphatic heterocycles. The van der Waals surface area contributed by atoms with Gasteiger partial charge in [-0.05, 0) is 36.4 Å². The van der Waals surface area contributed by atoms with Gasteiger partial charge in [-0.1, -0.05) is 24.3 Å². The maximum atomic E-state index is 14.5. The van der Waals surface area contributed by atoms with Crippen LogP contribution in [0.2, 0.25) is 0 Å². The molecule has 1 nitrogen and oxygen atoms in total. The Bertz CT molecular complexity index is 363. The van der Waals surface area contributed by atoms with Gasteiger partial charge in [-0.2, -0.15) is 0 Å². The number of benzene rings is 1. The summed E-state index contributed by atoms with van der Waals surface area (Å²) in [5, 5.41) is 3.19. The topological polar surface area (TPSA) is 12.0 Å². The second-order valence-electron chi connectivity index (χ2n) is 4.53. The zero-order valence-electron chi connectivity index (χ0n) is 8.09. The van der Waals surface area contributed by atoms with Gasteiger partial charge in [-0.15, -0.1) is 0 Å². The fourth-order valence-electron chi connectivity index (χ4n) is 2.87. The van der Waals surface area contributed by atoms with E-state index in [9.17, 15) is 4.39 Å². The average molecular weight is 191 g/mol. The maximum Gasteiger partial charge on any atom is 0.148 e. The third-order valence-corrected chi connectivity index (χ3v) is 3.46. The first kappa shape index (κ1) is 8.42. The van der Waals surface area contributed by atoms with Gasteiger partial charge in [0.05, 0.1) is 0 Å². The fraction of sp³-hybridized carbons (Fsp3) is 0.500. The predicted molar refractivity (Wildman–Crippen MR) is 53.9 cm³/mol. The van der Waals surface area contributed by atoms with Crippen LogP contribution in [0.4, 0.5) is 4.39 Å². The minimum absolute atomic E-state index is 0.487. The van der Waals surface area contributed by atoms with Crippen LogP contribution in [0.1, 0.15) is 17.5 Å². The molecule has 1 fully saturated rings. The Labute approximate surface area is 83.3 Å². The van der Waals surface area contributed by atoms with E-state index in [-0.39, 0.29) is 0 Å². The van der Waals surface area contributed by atoms with Crippen LogP contribution in [0.15, 0.2) is 24.3 Å². The standard InChI is InChI=1S/C12H14FN/c13-12-6-9(7-14-8-12)5-10-3-1-2-4-11(10)12/h1-4,9,14H,5-8H2. The first-order chi connectivity index (χ1) is 6.78. The van der Waals surface area contributed by atoms with Crippen molar-refractivity contribution >= 4 is 0 Å². The Morgan fingerprint density at radius 2 is 2.21 bits per heavy atom. The number of nitrogens with one attached hydrogen (secondary N) is 1. The second kappa shape index (κ2) is 2.80. The molecule has 74 valence electrons. The lowest BCUT2D eigenvalue weighted by Crippen LogP contribution is -2.48. The Morgan fingerprint density at radius 1 is 1.36 bits per heavy atom. The minimum Gasteiger partial charge on any atom is -0.313 e. The van der Waals surface area contributed by atoms with Gasteiger partial charge in [0.15, 0.2) is 0 Å². The van der Waals surface area contributed by atoms with Gasteiger partial charge >= 0.3 is 0 Å². The number of rotatable bonds is 0. The molecule has 1 aromatic carbocycles. The van der Waals surface area contributed by atoms with Crippen molar-refractivity contribution in [3.63, 3.8) is 0 Å². The lowest BCUT2D eigenvalue weighted by Gasteiger charge is -2.41. The van der Waals surface area contributed by atoms with Crippen molar-refractivity contribution in [2.24, 2.45) is 5.92 Å². The van der Waals surface area contributed by atoms with Gasteiger partial charge in [-0.25, -0.2) is 4.39 Å². The van der Waals surface area contributed by atoms with E-state index in [1.165, 1.54) is 5.56 Å². The van der Waals surface area contributed by atoms with Crippen LogP contribution < -0.4 is 5.32 Å². The molecule has 2 heteroatoms. The van der Waals surface area contributed by atoms with Crippen LogP contribution in [0.3, 0.4) is 0 Å². The van der Waals surface area contributed by atoms with Gasteiger partial charge in [0.1, 0.15) is 5.67 Å². The van der Waals surface area contributed by atoms with Crippen molar-refractivity contribution in [2.45, 2.75) is 18.5 Å². The fourth-order valence-corrected chi connectivity index (χ4v) is 2.87. The highest BCUT2D eigenvalue weighted by Crippen LogP contribution is 2.42. The molecule has 1 N–H and O–H groups in total. The average Bonchev–Trinajstić information content (AvgIpc) is 2.17. The summed E-state index contributed by atoms with van der Waals surface area (Å²) in [5.41, 5.74) is 1.04. The molecule has 0 aromatic heterocycles. The van der Waals surface area contributed by atoms with E-state index in [1.54, 1.807) is 0 Å². The number of alkyl halides is 1. The van der Waals surface area contributed by atoms with Crippen molar-refractivity contribution in [3.05, 3.63) is 35.4 Å². The molecular formula is C12H14FN. The van der Waals surface area contributed by atoms with Crippen LogP contribution in [0, 0.1) is 5.92 Å². The van der Waals surface area contributed by atoms with Gasteiger partial charge in [0.25, 0.3) is 0 Å². The highest BCUT2D eigenvalue weighted by molar-refractivity contribution is 5.36. The zero-order valence-corrected chi connectivity index (χ0v) is 8.09. The van der Waals surface area contributed by atoms with Crippen LogP contribution in [-0.4, -0.2) is 13.1 Å². The van der Waals surface area contributed by atoms with E-state index in [1.807, 2.05) is 18.2 Å². The molecule has 1 heterocycles. The molecule has 0 amide bonds. The summed E-state index contributed by atoms with van der Waals surface area (Å²) in [7, 11) is 0. The van der Waals surface area contributed by atoms with Crippen LogP contribution in [0.25, 0.3) is 0 Å². The summed E-state index contributed by atoms with van der Waals surface area (Å²) in [6, 6.07) is 7.96. The first-order valence-electron chi connectivity index (χ1n) is 5.26. The molecule has 2 unspecified atom stereocenters. The minimum atomic E-state index is -1.10. The van der Waals surface area contributed by atoms with Gasteiger partial charge in [0.2, 0.25) is 0 Å². The summed E-state index contributed by atoms with van der Waals surface area (Å²) in [6.07, 6.45) is 1.74. The lowest BCUT2D eigenvalue weighted by atomic mass is 9.73. The molecule has 0 spiro atoms. The largest absolute Gasteiger partial charge is 0.313 e. The molecule has 2 bridgehead atoms. The van der Waals surface area contributed by atoms with Crippen LogP contribution in [-0.2, 0) is 12.1 Å². The first-order valence-corrected chi connectivity index (χ1v) is 5.26. The van der Waals surface area contributed by atoms with Crippen molar-refractivity contribution in [2.75, 3.05) is 13.1 Å². The lowest BCUT2D eigenvalue weighted by molar-refractivity contribution is 0.0753. The molecule has 1 aliphatic carbocycles. The van der Waals surface area contributed by atoms with Crippen LogP contribution in [0.5, 0.6) is 0 Å². The summed E-state index contributed by atoms with van der Waals surface area (Å²) in [4.78, 5) is 0. The summed E-state index contributed by atoms with van der Waals surface area (Å²) in [6.45, 7) is 1.46. The normalized spacial score (nSPS) is 35.1. The second-order valence-corrected chi connectivity index (χ2v) is 4.53. The van der Waals surface area contributed by atoms with E-state index in [0.29, 0.717) is 18.9 Å². The third-order valence-electron chi connectivity index (χ3n) is 3.46. The van der Waals surface area contributed by atoms with Gasteiger partial charge in [-0.3, -0.25) is 0 Å². The van der Waals surface area contributed by atoms with Gasteiger partial charge < -0.3 is 5.32 Å². The Kier molecular flexibility index (Phi) is 1.68. The highest BCUT2D eigenvalue weighted by Gasteiger charge is 2.42. The molecule has 2 atom stereocenters. The van der Waals surface area contributed by atoms with E-state index in [0.717, 1.165) is 18.5 Å². The quantitative estimate of drug-likeness (QED) is 0.661. The maximum absolute atomic E-state index is 14.5. The Morgan fingerprint density at radius 3 is 3.14 bits per heavy atom. The summed E-state index contributed by atoms with van der Waals surface area (Å²) < 4.78 is 14.5. The van der Waals surface area contributed by atoms with Gasteiger partial charge in [0, 0.05) is 6.54 Å². The molecule has 2 aliphatic rings. The smallest absolute Gasteiger partial charge is 0.148 e. The molecule has 0 radical (unpaired) electrons. The molecule has 1 aromatic rings. The van der Waals surface area contributed by atoms with E-state index in [4.69, 9.17) is 0 Å². The highest BCUT2D eigenvalue weighted by atomic mass is 19.1. The Hall–Kier alpha value is -0.890. The number of piperidine rings is 1. The van der Waals surface area contributed by atoms with Crippen molar-refractivity contribution < 1.29 is 4.39 Å². The van der Waals surface area contributed by atoms with Crippen LogP contribution >= 0.6 is 0 Å². The summed E-state index contributed by atoms with van der Waals surface area (Å²) >= 11 is 0. The number of fused-ring (bicyclic) bond motifs is 4.